The smallest absolute Gasteiger partial charge is 0.337 e. The molecule has 110 valence electrons. The fourth-order valence-corrected chi connectivity index (χ4v) is 1.78. The number of amides is 1. The Hall–Kier alpha value is -1.88. The molecule has 0 aliphatic rings. The summed E-state index contributed by atoms with van der Waals surface area (Å²) in [7, 11) is 1.32. The normalized spacial score (nSPS) is 11.8. The molecule has 1 aromatic rings. The van der Waals surface area contributed by atoms with Crippen LogP contribution >= 0.6 is 0 Å². The summed E-state index contributed by atoms with van der Waals surface area (Å²) in [5, 5.41) is 2.77. The zero-order chi connectivity index (χ0) is 15.1. The number of aryl methyl sites for hydroxylation is 1. The Kier molecular flexibility index (Phi) is 6.18. The van der Waals surface area contributed by atoms with Crippen molar-refractivity contribution in [1.82, 2.24) is 0 Å². The standard InChI is InChI=1S/C15H22N2O3/c1-4-5-6-12(16)14(18)17-13-9-11(15(19)20-3)8-7-10(13)2/h7-9,12H,4-6,16H2,1-3H3,(H,17,18)/t12-/m0/s1. The van der Waals surface area contributed by atoms with Gasteiger partial charge in [-0.05, 0) is 31.0 Å². The maximum Gasteiger partial charge on any atom is 0.337 e. The molecule has 0 fully saturated rings. The Morgan fingerprint density at radius 3 is 2.70 bits per heavy atom. The highest BCUT2D eigenvalue weighted by molar-refractivity contribution is 5.97. The molecular weight excluding hydrogens is 256 g/mol. The molecule has 0 aliphatic carbocycles. The Bertz CT molecular complexity index is 486. The van der Waals surface area contributed by atoms with Crippen molar-refractivity contribution in [2.75, 3.05) is 12.4 Å². The van der Waals surface area contributed by atoms with Crippen LogP contribution in [0.3, 0.4) is 0 Å². The van der Waals surface area contributed by atoms with Crippen LogP contribution in [0.1, 0.15) is 42.1 Å². The number of ether oxygens (including phenoxy) is 1. The van der Waals surface area contributed by atoms with Crippen LogP contribution in [-0.2, 0) is 9.53 Å². The summed E-state index contributed by atoms with van der Waals surface area (Å²) >= 11 is 0. The number of hydrogen-bond acceptors (Lipinski definition) is 4. The van der Waals surface area contributed by atoms with Gasteiger partial charge in [0.05, 0.1) is 18.7 Å². The van der Waals surface area contributed by atoms with E-state index in [0.717, 1.165) is 18.4 Å². The van der Waals surface area contributed by atoms with E-state index >= 15 is 0 Å². The largest absolute Gasteiger partial charge is 0.465 e. The third-order valence-corrected chi connectivity index (χ3v) is 3.12. The lowest BCUT2D eigenvalue weighted by atomic mass is 10.1. The fourth-order valence-electron chi connectivity index (χ4n) is 1.78. The maximum atomic E-state index is 12.0. The Labute approximate surface area is 119 Å². The van der Waals surface area contributed by atoms with Gasteiger partial charge in [-0.1, -0.05) is 25.8 Å². The molecule has 0 saturated carbocycles. The highest BCUT2D eigenvalue weighted by atomic mass is 16.5. The molecule has 0 radical (unpaired) electrons. The number of rotatable bonds is 6. The van der Waals surface area contributed by atoms with E-state index in [2.05, 4.69) is 17.0 Å². The van der Waals surface area contributed by atoms with E-state index in [0.29, 0.717) is 17.7 Å². The highest BCUT2D eigenvalue weighted by Gasteiger charge is 2.15. The average molecular weight is 278 g/mol. The van der Waals surface area contributed by atoms with Crippen LogP contribution in [0.2, 0.25) is 0 Å². The molecule has 1 amide bonds. The van der Waals surface area contributed by atoms with Gasteiger partial charge in [0.2, 0.25) is 5.91 Å². The van der Waals surface area contributed by atoms with Gasteiger partial charge in [0, 0.05) is 5.69 Å². The van der Waals surface area contributed by atoms with Gasteiger partial charge < -0.3 is 15.8 Å². The van der Waals surface area contributed by atoms with Gasteiger partial charge in [0.1, 0.15) is 0 Å². The van der Waals surface area contributed by atoms with Crippen molar-refractivity contribution < 1.29 is 14.3 Å². The lowest BCUT2D eigenvalue weighted by Gasteiger charge is -2.14. The highest BCUT2D eigenvalue weighted by Crippen LogP contribution is 2.18. The van der Waals surface area contributed by atoms with E-state index in [1.165, 1.54) is 7.11 Å². The monoisotopic (exact) mass is 278 g/mol. The molecule has 5 nitrogen and oxygen atoms in total. The van der Waals surface area contributed by atoms with Crippen LogP contribution < -0.4 is 11.1 Å². The molecule has 3 N–H and O–H groups in total. The molecule has 0 aromatic heterocycles. The molecule has 0 aliphatic heterocycles. The Morgan fingerprint density at radius 1 is 1.40 bits per heavy atom. The second-order valence-electron chi connectivity index (χ2n) is 4.76. The minimum atomic E-state index is -0.531. The summed E-state index contributed by atoms with van der Waals surface area (Å²) in [6, 6.07) is 4.50. The number of hydrogen-bond donors (Lipinski definition) is 2. The van der Waals surface area contributed by atoms with Crippen molar-refractivity contribution in [3.8, 4) is 0 Å². The number of nitrogens with one attached hydrogen (secondary N) is 1. The number of carbonyl (C=O) groups is 2. The van der Waals surface area contributed by atoms with Crippen LogP contribution in [0.15, 0.2) is 18.2 Å². The molecule has 1 atom stereocenters. The predicted molar refractivity (Wildman–Crippen MR) is 78.6 cm³/mol. The van der Waals surface area contributed by atoms with Crippen molar-refractivity contribution in [2.24, 2.45) is 5.73 Å². The second-order valence-corrected chi connectivity index (χ2v) is 4.76. The van der Waals surface area contributed by atoms with Crippen LogP contribution in [0, 0.1) is 6.92 Å². The summed E-state index contributed by atoms with van der Waals surface area (Å²) in [4.78, 5) is 23.4. The number of esters is 1. The quantitative estimate of drug-likeness (QED) is 0.782. The van der Waals surface area contributed by atoms with E-state index in [1.54, 1.807) is 18.2 Å². The minimum absolute atomic E-state index is 0.233. The van der Waals surface area contributed by atoms with Crippen molar-refractivity contribution >= 4 is 17.6 Å². The molecule has 5 heteroatoms. The van der Waals surface area contributed by atoms with Gasteiger partial charge in [0.15, 0.2) is 0 Å². The SMILES string of the molecule is CCCC[C@H](N)C(=O)Nc1cc(C(=O)OC)ccc1C. The van der Waals surface area contributed by atoms with Crippen molar-refractivity contribution in [3.05, 3.63) is 29.3 Å². The van der Waals surface area contributed by atoms with E-state index in [1.807, 2.05) is 6.92 Å². The summed E-state index contributed by atoms with van der Waals surface area (Å²) in [5.41, 5.74) is 7.68. The third kappa shape index (κ3) is 4.35. The molecule has 0 bridgehead atoms. The molecular formula is C15H22N2O3. The summed E-state index contributed by atoms with van der Waals surface area (Å²) in [6.45, 7) is 3.91. The van der Waals surface area contributed by atoms with Gasteiger partial charge in [-0.3, -0.25) is 4.79 Å². The van der Waals surface area contributed by atoms with Gasteiger partial charge in [-0.2, -0.15) is 0 Å². The van der Waals surface area contributed by atoms with Crippen LogP contribution in [-0.4, -0.2) is 25.0 Å². The summed E-state index contributed by atoms with van der Waals surface area (Å²) in [6.07, 6.45) is 2.56. The first kappa shape index (κ1) is 16.2. The van der Waals surface area contributed by atoms with Gasteiger partial charge in [0.25, 0.3) is 0 Å². The summed E-state index contributed by atoms with van der Waals surface area (Å²) < 4.78 is 4.66. The zero-order valence-electron chi connectivity index (χ0n) is 12.2. The van der Waals surface area contributed by atoms with Crippen LogP contribution in [0.5, 0.6) is 0 Å². The Balaban J connectivity index is 2.80. The molecule has 0 unspecified atom stereocenters. The minimum Gasteiger partial charge on any atom is -0.465 e. The van der Waals surface area contributed by atoms with Crippen molar-refractivity contribution in [2.45, 2.75) is 39.2 Å². The molecule has 1 aromatic carbocycles. The molecule has 20 heavy (non-hydrogen) atoms. The molecule has 0 saturated heterocycles. The van der Waals surface area contributed by atoms with E-state index in [-0.39, 0.29) is 5.91 Å². The number of carbonyl (C=O) groups excluding carboxylic acids is 2. The first-order chi connectivity index (χ1) is 9.49. The second kappa shape index (κ2) is 7.65. The van der Waals surface area contributed by atoms with Crippen LogP contribution in [0.4, 0.5) is 5.69 Å². The van der Waals surface area contributed by atoms with Gasteiger partial charge >= 0.3 is 5.97 Å². The lowest BCUT2D eigenvalue weighted by molar-refractivity contribution is -0.117. The molecule has 0 spiro atoms. The number of nitrogens with two attached hydrogens (primary N) is 1. The number of benzene rings is 1. The molecule has 1 rings (SSSR count). The van der Waals surface area contributed by atoms with E-state index < -0.39 is 12.0 Å². The topological polar surface area (TPSA) is 81.4 Å². The predicted octanol–water partition coefficient (Wildman–Crippen LogP) is 2.24. The third-order valence-electron chi connectivity index (χ3n) is 3.12. The maximum absolute atomic E-state index is 12.0. The number of unbranched alkanes of at least 4 members (excludes halogenated alkanes) is 1. The first-order valence-electron chi connectivity index (χ1n) is 6.75. The number of anilines is 1. The Morgan fingerprint density at radius 2 is 2.10 bits per heavy atom. The van der Waals surface area contributed by atoms with Crippen molar-refractivity contribution in [3.63, 3.8) is 0 Å². The average Bonchev–Trinajstić information content (AvgIpc) is 2.45. The van der Waals surface area contributed by atoms with Gasteiger partial charge in [-0.15, -0.1) is 0 Å². The first-order valence-corrected chi connectivity index (χ1v) is 6.75. The lowest BCUT2D eigenvalue weighted by Crippen LogP contribution is -2.35. The van der Waals surface area contributed by atoms with Gasteiger partial charge in [-0.25, -0.2) is 4.79 Å². The van der Waals surface area contributed by atoms with E-state index in [9.17, 15) is 9.59 Å². The summed E-state index contributed by atoms with van der Waals surface area (Å²) in [5.74, 6) is -0.667. The zero-order valence-corrected chi connectivity index (χ0v) is 12.2. The molecule has 0 heterocycles. The van der Waals surface area contributed by atoms with E-state index in [4.69, 9.17) is 5.73 Å². The van der Waals surface area contributed by atoms with Crippen LogP contribution in [0.25, 0.3) is 0 Å². The fraction of sp³-hybridized carbons (Fsp3) is 0.467. The van der Waals surface area contributed by atoms with Crippen molar-refractivity contribution in [1.29, 1.82) is 0 Å². The number of methoxy groups -OCH3 is 1.